The van der Waals surface area contributed by atoms with Crippen molar-refractivity contribution in [2.75, 3.05) is 25.4 Å². The highest BCUT2D eigenvalue weighted by molar-refractivity contribution is 7.99. The van der Waals surface area contributed by atoms with E-state index in [1.165, 1.54) is 44.0 Å². The van der Waals surface area contributed by atoms with E-state index in [2.05, 4.69) is 9.88 Å². The van der Waals surface area contributed by atoms with Crippen LogP contribution in [0.5, 0.6) is 0 Å². The van der Waals surface area contributed by atoms with Crippen molar-refractivity contribution in [2.24, 2.45) is 14.1 Å². The van der Waals surface area contributed by atoms with Crippen molar-refractivity contribution in [3.05, 3.63) is 33.1 Å². The van der Waals surface area contributed by atoms with E-state index in [4.69, 9.17) is 0 Å². The summed E-state index contributed by atoms with van der Waals surface area (Å²) >= 11 is 1.67. The van der Waals surface area contributed by atoms with Gasteiger partial charge in [-0.15, -0.1) is 11.8 Å². The average molecular weight is 334 g/mol. The molecule has 2 aromatic heterocycles. The van der Waals surface area contributed by atoms with Crippen LogP contribution in [0.3, 0.4) is 0 Å². The summed E-state index contributed by atoms with van der Waals surface area (Å²) in [5.74, 6) is 0.936. The fourth-order valence-electron chi connectivity index (χ4n) is 3.05. The van der Waals surface area contributed by atoms with E-state index in [1.54, 1.807) is 25.0 Å². The first-order valence-electron chi connectivity index (χ1n) is 7.99. The van der Waals surface area contributed by atoms with Gasteiger partial charge in [0, 0.05) is 37.5 Å². The molecule has 3 heterocycles. The number of nitrogens with zero attached hydrogens (tertiary/aromatic N) is 4. The van der Waals surface area contributed by atoms with Gasteiger partial charge < -0.3 is 4.90 Å². The summed E-state index contributed by atoms with van der Waals surface area (Å²) < 4.78 is 2.59. The molecule has 1 saturated heterocycles. The standard InChI is InChI=1S/C16H22N4O2S/c1-18-14-13(15(21)19(2)16(18)22)12(6-7-17-14)23-11-10-20-8-4-3-5-9-20/h6-7H,3-5,8-11H2,1-2H3. The van der Waals surface area contributed by atoms with E-state index >= 15 is 0 Å². The number of likely N-dealkylation sites (tertiary alicyclic amines) is 1. The third-order valence-electron chi connectivity index (χ3n) is 4.42. The number of piperidine rings is 1. The summed E-state index contributed by atoms with van der Waals surface area (Å²) in [6.45, 7) is 3.38. The lowest BCUT2D eigenvalue weighted by Crippen LogP contribution is -2.37. The number of hydrogen-bond acceptors (Lipinski definition) is 5. The van der Waals surface area contributed by atoms with E-state index in [9.17, 15) is 9.59 Å². The first-order valence-corrected chi connectivity index (χ1v) is 8.98. The molecule has 0 atom stereocenters. The lowest BCUT2D eigenvalue weighted by Gasteiger charge is -2.26. The van der Waals surface area contributed by atoms with E-state index in [0.717, 1.165) is 21.8 Å². The van der Waals surface area contributed by atoms with Crippen LogP contribution in [0, 0.1) is 0 Å². The Morgan fingerprint density at radius 3 is 2.61 bits per heavy atom. The number of aryl methyl sites for hydroxylation is 1. The van der Waals surface area contributed by atoms with Crippen molar-refractivity contribution >= 4 is 22.8 Å². The summed E-state index contributed by atoms with van der Waals surface area (Å²) in [6, 6.07) is 1.87. The Labute approximate surface area is 139 Å². The molecule has 1 fully saturated rings. The van der Waals surface area contributed by atoms with Crippen LogP contribution in [0.1, 0.15) is 19.3 Å². The van der Waals surface area contributed by atoms with Crippen molar-refractivity contribution in [3.63, 3.8) is 0 Å². The molecule has 3 rings (SSSR count). The molecule has 1 aliphatic rings. The lowest BCUT2D eigenvalue weighted by atomic mass is 10.1. The first-order chi connectivity index (χ1) is 11.1. The zero-order chi connectivity index (χ0) is 16.4. The molecule has 1 aliphatic heterocycles. The zero-order valence-electron chi connectivity index (χ0n) is 13.6. The van der Waals surface area contributed by atoms with Crippen LogP contribution in [0.4, 0.5) is 0 Å². The van der Waals surface area contributed by atoms with E-state index in [0.29, 0.717) is 11.0 Å². The Balaban J connectivity index is 1.86. The maximum Gasteiger partial charge on any atom is 0.332 e. The highest BCUT2D eigenvalue weighted by Crippen LogP contribution is 2.23. The van der Waals surface area contributed by atoms with Gasteiger partial charge in [0.2, 0.25) is 0 Å². The van der Waals surface area contributed by atoms with Gasteiger partial charge in [0.25, 0.3) is 5.56 Å². The van der Waals surface area contributed by atoms with Gasteiger partial charge in [-0.25, -0.2) is 9.78 Å². The van der Waals surface area contributed by atoms with Crippen LogP contribution in [0.25, 0.3) is 11.0 Å². The minimum absolute atomic E-state index is 0.267. The Morgan fingerprint density at radius 2 is 1.87 bits per heavy atom. The number of thioether (sulfide) groups is 1. The first kappa shape index (κ1) is 16.3. The number of pyridine rings is 1. The molecule has 23 heavy (non-hydrogen) atoms. The summed E-state index contributed by atoms with van der Waals surface area (Å²) in [6.07, 6.45) is 5.57. The van der Waals surface area contributed by atoms with Crippen LogP contribution in [-0.2, 0) is 14.1 Å². The average Bonchev–Trinajstić information content (AvgIpc) is 2.59. The van der Waals surface area contributed by atoms with Crippen LogP contribution in [0.2, 0.25) is 0 Å². The summed E-state index contributed by atoms with van der Waals surface area (Å²) in [4.78, 5) is 32.1. The van der Waals surface area contributed by atoms with Crippen molar-refractivity contribution in [2.45, 2.75) is 24.2 Å². The molecule has 0 saturated carbocycles. The fraction of sp³-hybridized carbons (Fsp3) is 0.562. The molecule has 0 N–H and O–H groups in total. The molecule has 0 bridgehead atoms. The monoisotopic (exact) mass is 334 g/mol. The van der Waals surface area contributed by atoms with Crippen molar-refractivity contribution in [3.8, 4) is 0 Å². The molecule has 2 aromatic rings. The molecule has 6 nitrogen and oxygen atoms in total. The smallest absolute Gasteiger partial charge is 0.303 e. The Kier molecular flexibility index (Phi) is 4.87. The van der Waals surface area contributed by atoms with Gasteiger partial charge in [0.05, 0.1) is 5.39 Å². The summed E-state index contributed by atoms with van der Waals surface area (Å²) in [5, 5.41) is 0.542. The van der Waals surface area contributed by atoms with Crippen LogP contribution in [0.15, 0.2) is 26.7 Å². The molecule has 0 radical (unpaired) electrons. The van der Waals surface area contributed by atoms with Gasteiger partial charge in [-0.1, -0.05) is 6.42 Å². The maximum atomic E-state index is 12.5. The summed E-state index contributed by atoms with van der Waals surface area (Å²) in [7, 11) is 3.17. The second kappa shape index (κ2) is 6.88. The Morgan fingerprint density at radius 1 is 1.13 bits per heavy atom. The van der Waals surface area contributed by atoms with Crippen molar-refractivity contribution in [1.82, 2.24) is 19.0 Å². The van der Waals surface area contributed by atoms with Gasteiger partial charge in [0.1, 0.15) is 5.65 Å². The highest BCUT2D eigenvalue weighted by Gasteiger charge is 2.14. The molecule has 0 spiro atoms. The van der Waals surface area contributed by atoms with Gasteiger partial charge >= 0.3 is 5.69 Å². The minimum Gasteiger partial charge on any atom is -0.303 e. The molecular formula is C16H22N4O2S. The largest absolute Gasteiger partial charge is 0.332 e. The third kappa shape index (κ3) is 3.21. The Bertz CT molecular complexity index is 821. The SMILES string of the molecule is Cn1c(=O)c2c(SCCN3CCCCC3)ccnc2n(C)c1=O. The molecule has 124 valence electrons. The van der Waals surface area contributed by atoms with Crippen molar-refractivity contribution in [1.29, 1.82) is 0 Å². The fourth-order valence-corrected chi connectivity index (χ4v) is 4.10. The van der Waals surface area contributed by atoms with Gasteiger partial charge in [0.15, 0.2) is 0 Å². The maximum absolute atomic E-state index is 12.5. The molecule has 7 heteroatoms. The number of aromatic nitrogens is 3. The predicted octanol–water partition coefficient (Wildman–Crippen LogP) is 1.21. The molecule has 0 amide bonds. The zero-order valence-corrected chi connectivity index (χ0v) is 14.4. The third-order valence-corrected chi connectivity index (χ3v) is 5.45. The topological polar surface area (TPSA) is 60.1 Å². The normalized spacial score (nSPS) is 16.1. The van der Waals surface area contributed by atoms with Gasteiger partial charge in [-0.2, -0.15) is 0 Å². The Hall–Kier alpha value is -1.60. The molecule has 0 unspecified atom stereocenters. The predicted molar refractivity (Wildman–Crippen MR) is 93.2 cm³/mol. The van der Waals surface area contributed by atoms with E-state index < -0.39 is 0 Å². The van der Waals surface area contributed by atoms with Crippen molar-refractivity contribution < 1.29 is 0 Å². The van der Waals surface area contributed by atoms with Crippen LogP contribution < -0.4 is 11.2 Å². The number of fused-ring (bicyclic) bond motifs is 1. The highest BCUT2D eigenvalue weighted by atomic mass is 32.2. The van der Waals surface area contributed by atoms with E-state index in [1.807, 2.05) is 6.07 Å². The second-order valence-corrected chi connectivity index (χ2v) is 7.10. The number of rotatable bonds is 4. The van der Waals surface area contributed by atoms with Crippen LogP contribution >= 0.6 is 11.8 Å². The minimum atomic E-state index is -0.342. The lowest BCUT2D eigenvalue weighted by molar-refractivity contribution is 0.242. The van der Waals surface area contributed by atoms with Crippen LogP contribution in [-0.4, -0.2) is 44.4 Å². The summed E-state index contributed by atoms with van der Waals surface area (Å²) in [5.41, 5.74) is -0.150. The van der Waals surface area contributed by atoms with E-state index in [-0.39, 0.29) is 11.2 Å². The van der Waals surface area contributed by atoms with Gasteiger partial charge in [-0.05, 0) is 32.0 Å². The second-order valence-electron chi connectivity index (χ2n) is 5.96. The number of hydrogen-bond donors (Lipinski definition) is 0. The molecule has 0 aromatic carbocycles. The quantitative estimate of drug-likeness (QED) is 0.787. The molecular weight excluding hydrogens is 312 g/mol. The molecule has 0 aliphatic carbocycles. The van der Waals surface area contributed by atoms with Gasteiger partial charge in [-0.3, -0.25) is 13.9 Å².